The van der Waals surface area contributed by atoms with Crippen molar-refractivity contribution in [3.8, 4) is 5.75 Å². The molecule has 0 bridgehead atoms. The zero-order valence-electron chi connectivity index (χ0n) is 20.6. The molecule has 2 heterocycles. The molecule has 1 N–H and O–H groups in total. The van der Waals surface area contributed by atoms with E-state index in [-0.39, 0.29) is 11.3 Å². The molecule has 7 nitrogen and oxygen atoms in total. The summed E-state index contributed by atoms with van der Waals surface area (Å²) in [4.78, 5) is 32.0. The van der Waals surface area contributed by atoms with Crippen molar-refractivity contribution in [3.63, 3.8) is 0 Å². The molecule has 2 aromatic carbocycles. The Kier molecular flexibility index (Phi) is 7.79. The van der Waals surface area contributed by atoms with Crippen LogP contribution in [0.3, 0.4) is 0 Å². The molecule has 1 amide bonds. The number of aromatic nitrogens is 2. The minimum atomic E-state index is -0.710. The highest BCUT2D eigenvalue weighted by molar-refractivity contribution is 6.46. The molecule has 36 heavy (non-hydrogen) atoms. The van der Waals surface area contributed by atoms with Crippen molar-refractivity contribution >= 4 is 29.1 Å². The summed E-state index contributed by atoms with van der Waals surface area (Å²) >= 11 is 6.34. The van der Waals surface area contributed by atoms with Crippen LogP contribution >= 0.6 is 11.6 Å². The molecule has 1 saturated heterocycles. The van der Waals surface area contributed by atoms with Gasteiger partial charge in [-0.05, 0) is 48.6 Å². The van der Waals surface area contributed by atoms with E-state index < -0.39 is 17.7 Å². The third-order valence-electron chi connectivity index (χ3n) is 6.34. The van der Waals surface area contributed by atoms with Gasteiger partial charge in [0.1, 0.15) is 11.5 Å². The number of hydrogen-bond acceptors (Lipinski definition) is 5. The number of Topliss-reactive ketones (excluding diaryl/α,β-unsaturated/α-hetero) is 1. The lowest BCUT2D eigenvalue weighted by molar-refractivity contribution is -0.139. The zero-order valence-corrected chi connectivity index (χ0v) is 21.4. The smallest absolute Gasteiger partial charge is 0.295 e. The van der Waals surface area contributed by atoms with Gasteiger partial charge in [-0.15, -0.1) is 0 Å². The number of amides is 1. The number of imidazole rings is 1. The lowest BCUT2D eigenvalue weighted by Crippen LogP contribution is -2.31. The highest BCUT2D eigenvalue weighted by atomic mass is 35.5. The van der Waals surface area contributed by atoms with Crippen molar-refractivity contribution in [3.05, 3.63) is 88.5 Å². The maximum absolute atomic E-state index is 13.3. The Bertz CT molecular complexity index is 1270. The monoisotopic (exact) mass is 507 g/mol. The van der Waals surface area contributed by atoms with Gasteiger partial charge in [-0.1, -0.05) is 49.7 Å². The lowest BCUT2D eigenvalue weighted by Gasteiger charge is -2.26. The van der Waals surface area contributed by atoms with Gasteiger partial charge in [-0.2, -0.15) is 0 Å². The molecule has 188 valence electrons. The van der Waals surface area contributed by atoms with Crippen LogP contribution in [-0.4, -0.2) is 44.4 Å². The van der Waals surface area contributed by atoms with Gasteiger partial charge in [0, 0.05) is 31.0 Å². The number of aliphatic hydroxyl groups is 1. The second kappa shape index (κ2) is 11.0. The Hall–Kier alpha value is -3.58. The maximum Gasteiger partial charge on any atom is 0.295 e. The van der Waals surface area contributed by atoms with Crippen molar-refractivity contribution in [1.29, 1.82) is 0 Å². The van der Waals surface area contributed by atoms with Crippen LogP contribution in [0.1, 0.15) is 55.8 Å². The minimum Gasteiger partial charge on any atom is -0.507 e. The summed E-state index contributed by atoms with van der Waals surface area (Å²) < 4.78 is 7.40. The van der Waals surface area contributed by atoms with E-state index in [1.807, 2.05) is 42.0 Å². The van der Waals surface area contributed by atoms with E-state index in [9.17, 15) is 14.7 Å². The number of carbonyl (C=O) groups excluding carboxylic acids is 2. The highest BCUT2D eigenvalue weighted by Gasteiger charge is 2.45. The maximum atomic E-state index is 13.3. The summed E-state index contributed by atoms with van der Waals surface area (Å²) in [6, 6.07) is 12.0. The van der Waals surface area contributed by atoms with Gasteiger partial charge in [0.2, 0.25) is 0 Å². The first kappa shape index (κ1) is 25.5. The molecule has 1 aromatic heterocycles. The molecule has 3 aromatic rings. The summed E-state index contributed by atoms with van der Waals surface area (Å²) in [5, 5.41) is 11.6. The Morgan fingerprint density at radius 1 is 1.14 bits per heavy atom. The van der Waals surface area contributed by atoms with Gasteiger partial charge in [-0.3, -0.25) is 9.59 Å². The Balaban J connectivity index is 1.74. The number of benzene rings is 2. The van der Waals surface area contributed by atoms with Crippen LogP contribution in [0.15, 0.2) is 66.8 Å². The van der Waals surface area contributed by atoms with E-state index >= 15 is 0 Å². The second-order valence-electron chi connectivity index (χ2n) is 9.05. The summed E-state index contributed by atoms with van der Waals surface area (Å²) in [6.07, 6.45) is 5.89. The van der Waals surface area contributed by atoms with Crippen molar-refractivity contribution < 1.29 is 19.4 Å². The number of nitrogens with zero attached hydrogens (tertiary/aromatic N) is 3. The summed E-state index contributed by atoms with van der Waals surface area (Å²) in [7, 11) is 0. The van der Waals surface area contributed by atoms with Crippen LogP contribution in [0.5, 0.6) is 5.75 Å². The molecular formula is C28H30ClN3O4. The number of ketones is 1. The average Bonchev–Trinajstić information content (AvgIpc) is 3.47. The van der Waals surface area contributed by atoms with E-state index in [1.165, 1.54) is 0 Å². The van der Waals surface area contributed by atoms with Crippen molar-refractivity contribution in [2.45, 2.75) is 45.7 Å². The van der Waals surface area contributed by atoms with E-state index in [1.54, 1.807) is 35.6 Å². The molecule has 4 rings (SSSR count). The minimum absolute atomic E-state index is 0.0557. The molecule has 1 fully saturated rings. The van der Waals surface area contributed by atoms with Gasteiger partial charge in [0.15, 0.2) is 0 Å². The lowest BCUT2D eigenvalue weighted by atomic mass is 9.93. The molecule has 1 aliphatic rings. The highest BCUT2D eigenvalue weighted by Crippen LogP contribution is 2.40. The molecule has 0 spiro atoms. The first-order chi connectivity index (χ1) is 17.3. The number of aliphatic hydroxyl groups excluding tert-OH is 1. The fourth-order valence-corrected chi connectivity index (χ4v) is 4.67. The van der Waals surface area contributed by atoms with Crippen LogP contribution in [-0.2, 0) is 16.1 Å². The van der Waals surface area contributed by atoms with E-state index in [2.05, 4.69) is 18.8 Å². The molecule has 0 unspecified atom stereocenters. The number of hydrogen-bond donors (Lipinski definition) is 1. The normalized spacial score (nSPS) is 17.2. The number of rotatable bonds is 9. The predicted molar refractivity (Wildman–Crippen MR) is 139 cm³/mol. The molecule has 0 radical (unpaired) electrons. The number of aryl methyl sites for hydroxylation is 1. The van der Waals surface area contributed by atoms with Gasteiger partial charge in [0.25, 0.3) is 11.7 Å². The van der Waals surface area contributed by atoms with Gasteiger partial charge >= 0.3 is 0 Å². The molecule has 1 atom stereocenters. The van der Waals surface area contributed by atoms with Crippen molar-refractivity contribution in [2.24, 2.45) is 0 Å². The van der Waals surface area contributed by atoms with E-state index in [0.29, 0.717) is 48.4 Å². The standard InChI is InChI=1S/C28H30ClN3O4/c1-4-36-23-11-10-21(16-22(23)29)26(33)24-25(20-8-6-19(7-9-20)18(2)3)32(28(35)27(24)34)14-5-13-31-15-12-30-17-31/h6-12,15-18,25,33H,4-5,13-14H2,1-3H3/b26-24+/t25-/m0/s1. The quantitative estimate of drug-likeness (QED) is 0.232. The van der Waals surface area contributed by atoms with Crippen LogP contribution in [0.2, 0.25) is 5.02 Å². The van der Waals surface area contributed by atoms with Crippen LogP contribution < -0.4 is 4.74 Å². The SMILES string of the molecule is CCOc1ccc(/C(O)=C2\C(=O)C(=O)N(CCCn3ccnc3)[C@H]2c2ccc(C(C)C)cc2)cc1Cl. The van der Waals surface area contributed by atoms with Crippen LogP contribution in [0.25, 0.3) is 5.76 Å². The third kappa shape index (κ3) is 5.16. The summed E-state index contributed by atoms with van der Waals surface area (Å²) in [5.74, 6) is -0.772. The summed E-state index contributed by atoms with van der Waals surface area (Å²) in [5.41, 5.74) is 2.32. The van der Waals surface area contributed by atoms with Gasteiger partial charge in [0.05, 0.1) is 29.6 Å². The van der Waals surface area contributed by atoms with Crippen LogP contribution in [0.4, 0.5) is 0 Å². The van der Waals surface area contributed by atoms with Gasteiger partial charge in [-0.25, -0.2) is 4.98 Å². The number of likely N-dealkylation sites (tertiary alicyclic amines) is 1. The number of carbonyl (C=O) groups is 2. The molecule has 1 aliphatic heterocycles. The number of ether oxygens (including phenoxy) is 1. The molecule has 0 aliphatic carbocycles. The Labute approximate surface area is 216 Å². The van der Waals surface area contributed by atoms with Crippen molar-refractivity contribution in [2.75, 3.05) is 13.2 Å². The first-order valence-electron chi connectivity index (χ1n) is 12.1. The largest absolute Gasteiger partial charge is 0.507 e. The topological polar surface area (TPSA) is 84.7 Å². The average molecular weight is 508 g/mol. The van der Waals surface area contributed by atoms with E-state index in [0.717, 1.165) is 11.1 Å². The number of halogens is 1. The third-order valence-corrected chi connectivity index (χ3v) is 6.63. The van der Waals surface area contributed by atoms with Crippen molar-refractivity contribution in [1.82, 2.24) is 14.5 Å². The fraction of sp³-hybridized carbons (Fsp3) is 0.321. The Morgan fingerprint density at radius 3 is 2.50 bits per heavy atom. The zero-order chi connectivity index (χ0) is 25.8. The molecular weight excluding hydrogens is 478 g/mol. The summed E-state index contributed by atoms with van der Waals surface area (Å²) in [6.45, 7) is 7.50. The van der Waals surface area contributed by atoms with Gasteiger partial charge < -0.3 is 19.3 Å². The predicted octanol–water partition coefficient (Wildman–Crippen LogP) is 5.57. The Morgan fingerprint density at radius 2 is 1.89 bits per heavy atom. The van der Waals surface area contributed by atoms with E-state index in [4.69, 9.17) is 16.3 Å². The molecule has 8 heteroatoms. The van der Waals surface area contributed by atoms with Crippen LogP contribution in [0, 0.1) is 0 Å². The molecule has 0 saturated carbocycles. The first-order valence-corrected chi connectivity index (χ1v) is 12.5. The fourth-order valence-electron chi connectivity index (χ4n) is 4.44. The second-order valence-corrected chi connectivity index (χ2v) is 9.45.